The third-order valence-corrected chi connectivity index (χ3v) is 5.61. The van der Waals surface area contributed by atoms with Crippen molar-refractivity contribution in [2.75, 3.05) is 46.0 Å². The first-order chi connectivity index (χ1) is 9.74. The summed E-state index contributed by atoms with van der Waals surface area (Å²) in [5, 5.41) is 13.3. The number of fused-ring (bicyclic) bond motifs is 1. The first-order valence-electron chi connectivity index (χ1n) is 7.89. The molecule has 0 aromatic heterocycles. The fraction of sp³-hybridized carbons (Fsp3) is 0.929. The Bertz CT molecular complexity index is 373. The predicted octanol–water partition coefficient (Wildman–Crippen LogP) is 0.634. The van der Waals surface area contributed by atoms with Gasteiger partial charge in [0.05, 0.1) is 26.2 Å². The fourth-order valence-electron chi connectivity index (χ4n) is 3.94. The molecule has 0 bridgehead atoms. The molecule has 114 valence electrons. The van der Waals surface area contributed by atoms with Crippen LogP contribution in [0, 0.1) is 0 Å². The van der Waals surface area contributed by atoms with E-state index in [2.05, 4.69) is 10.2 Å². The van der Waals surface area contributed by atoms with Gasteiger partial charge < -0.3 is 9.84 Å². The summed E-state index contributed by atoms with van der Waals surface area (Å²) in [6.07, 6.45) is 5.58. The molecule has 0 aliphatic carbocycles. The molecule has 6 heteroatoms. The van der Waals surface area contributed by atoms with Crippen LogP contribution in [0.3, 0.4) is 0 Å². The van der Waals surface area contributed by atoms with Gasteiger partial charge in [0.1, 0.15) is 13.1 Å². The maximum absolute atomic E-state index is 8.81. The average Bonchev–Trinajstić information content (AvgIpc) is 2.47. The average molecular weight is 300 g/mol. The first kappa shape index (κ1) is 14.5. The van der Waals surface area contributed by atoms with E-state index in [-0.39, 0.29) is 5.79 Å². The second-order valence-corrected chi connectivity index (χ2v) is 6.60. The molecule has 2 spiro atoms. The summed E-state index contributed by atoms with van der Waals surface area (Å²) in [5.74, 6) is 0.0951. The van der Waals surface area contributed by atoms with Crippen LogP contribution in [0.5, 0.6) is 0 Å². The molecule has 3 heterocycles. The second kappa shape index (κ2) is 5.75. The van der Waals surface area contributed by atoms with Crippen molar-refractivity contribution in [3.05, 3.63) is 0 Å². The highest BCUT2D eigenvalue weighted by Crippen LogP contribution is 2.45. The van der Waals surface area contributed by atoms with Crippen molar-refractivity contribution in [1.82, 2.24) is 10.2 Å². The molecule has 0 aromatic carbocycles. The van der Waals surface area contributed by atoms with E-state index in [0.29, 0.717) is 6.61 Å². The van der Waals surface area contributed by atoms with Crippen LogP contribution in [0.15, 0.2) is 0 Å². The number of aliphatic hydroxyl groups is 1. The Balaban J connectivity index is 1.55. The standard InChI is InChI=1S/C14H25N3O2S/c18-10-4-2-1-3-6-16-13(20)15-14(16)5-7-17(14)8-11-19-12-9-17/h18H,1-12H2/p+1. The lowest BCUT2D eigenvalue weighted by molar-refractivity contribution is -1.04. The van der Waals surface area contributed by atoms with Crippen LogP contribution < -0.4 is 5.32 Å². The van der Waals surface area contributed by atoms with Crippen LogP contribution in [0.4, 0.5) is 0 Å². The van der Waals surface area contributed by atoms with Crippen LogP contribution in [-0.4, -0.2) is 71.4 Å². The summed E-state index contributed by atoms with van der Waals surface area (Å²) < 4.78 is 6.66. The van der Waals surface area contributed by atoms with Crippen molar-refractivity contribution in [3.63, 3.8) is 0 Å². The molecule has 5 nitrogen and oxygen atoms in total. The zero-order chi connectivity index (χ0) is 14.1. The van der Waals surface area contributed by atoms with Gasteiger partial charge in [-0.25, -0.2) is 0 Å². The summed E-state index contributed by atoms with van der Waals surface area (Å²) in [4.78, 5) is 2.43. The van der Waals surface area contributed by atoms with Gasteiger partial charge in [-0.2, -0.15) is 0 Å². The molecule has 0 amide bonds. The molecule has 0 saturated carbocycles. The second-order valence-electron chi connectivity index (χ2n) is 6.21. The summed E-state index contributed by atoms with van der Waals surface area (Å²) in [5.41, 5.74) is 0. The van der Waals surface area contributed by atoms with E-state index >= 15 is 0 Å². The van der Waals surface area contributed by atoms with Crippen molar-refractivity contribution < 1.29 is 14.3 Å². The number of ether oxygens (including phenoxy) is 1. The highest BCUT2D eigenvalue weighted by molar-refractivity contribution is 7.80. The molecule has 20 heavy (non-hydrogen) atoms. The summed E-state index contributed by atoms with van der Waals surface area (Å²) in [7, 11) is 0. The Morgan fingerprint density at radius 2 is 1.95 bits per heavy atom. The Morgan fingerprint density at radius 1 is 1.20 bits per heavy atom. The number of thiocarbonyl (C=S) groups is 1. The van der Waals surface area contributed by atoms with E-state index in [0.717, 1.165) is 55.3 Å². The molecule has 2 N–H and O–H groups in total. The quantitative estimate of drug-likeness (QED) is 0.428. The summed E-state index contributed by atoms with van der Waals surface area (Å²) in [6.45, 7) is 6.58. The van der Waals surface area contributed by atoms with Gasteiger partial charge >= 0.3 is 0 Å². The van der Waals surface area contributed by atoms with Crippen molar-refractivity contribution in [3.8, 4) is 0 Å². The number of rotatable bonds is 6. The van der Waals surface area contributed by atoms with Gasteiger partial charge in [-0.15, -0.1) is 0 Å². The number of nitrogens with zero attached hydrogens (tertiary/aromatic N) is 2. The largest absolute Gasteiger partial charge is 0.396 e. The highest BCUT2D eigenvalue weighted by atomic mass is 32.1. The molecule has 1 unspecified atom stereocenters. The van der Waals surface area contributed by atoms with Crippen molar-refractivity contribution in [2.45, 2.75) is 37.9 Å². The molecule has 0 radical (unpaired) electrons. The van der Waals surface area contributed by atoms with Crippen LogP contribution >= 0.6 is 12.2 Å². The van der Waals surface area contributed by atoms with Gasteiger partial charge in [0.25, 0.3) is 5.79 Å². The Kier molecular flexibility index (Phi) is 4.17. The lowest BCUT2D eigenvalue weighted by Gasteiger charge is -2.70. The molecule has 0 aromatic rings. The smallest absolute Gasteiger partial charge is 0.262 e. The van der Waals surface area contributed by atoms with E-state index in [4.69, 9.17) is 22.1 Å². The van der Waals surface area contributed by atoms with Gasteiger partial charge in [-0.1, -0.05) is 12.8 Å². The molecule has 3 saturated heterocycles. The monoisotopic (exact) mass is 300 g/mol. The lowest BCUT2D eigenvalue weighted by Crippen LogP contribution is -2.95. The van der Waals surface area contributed by atoms with Crippen LogP contribution in [0.25, 0.3) is 0 Å². The Labute approximate surface area is 126 Å². The number of morpholine rings is 1. The number of quaternary nitrogens is 1. The topological polar surface area (TPSA) is 44.7 Å². The van der Waals surface area contributed by atoms with Crippen LogP contribution in [0.2, 0.25) is 0 Å². The van der Waals surface area contributed by atoms with Gasteiger partial charge in [0.15, 0.2) is 5.11 Å². The third kappa shape index (κ3) is 2.13. The van der Waals surface area contributed by atoms with E-state index in [9.17, 15) is 0 Å². The van der Waals surface area contributed by atoms with Crippen molar-refractivity contribution in [1.29, 1.82) is 0 Å². The van der Waals surface area contributed by atoms with E-state index in [1.165, 1.54) is 25.8 Å². The molecule has 3 aliphatic rings. The SMILES string of the molecule is OCCCCCCN1C(=S)NC12CC[N+]21CCOCC1. The minimum atomic E-state index is 0.0951. The Morgan fingerprint density at radius 3 is 2.55 bits per heavy atom. The molecular formula is C14H26N3O2S+. The van der Waals surface area contributed by atoms with E-state index in [1.807, 2.05) is 0 Å². The molecule has 1 atom stereocenters. The van der Waals surface area contributed by atoms with Crippen LogP contribution in [-0.2, 0) is 4.74 Å². The zero-order valence-electron chi connectivity index (χ0n) is 12.1. The lowest BCUT2D eigenvalue weighted by atomic mass is 9.91. The number of hydrogen-bond acceptors (Lipinski definition) is 3. The molecular weight excluding hydrogens is 274 g/mol. The molecule has 3 fully saturated rings. The first-order valence-corrected chi connectivity index (χ1v) is 8.30. The van der Waals surface area contributed by atoms with Crippen LogP contribution in [0.1, 0.15) is 32.1 Å². The minimum absolute atomic E-state index is 0.0951. The highest BCUT2D eigenvalue weighted by Gasteiger charge is 2.69. The van der Waals surface area contributed by atoms with Crippen molar-refractivity contribution in [2.24, 2.45) is 0 Å². The zero-order valence-corrected chi connectivity index (χ0v) is 13.0. The molecule has 3 rings (SSSR count). The van der Waals surface area contributed by atoms with Gasteiger partial charge in [-0.05, 0) is 25.1 Å². The third-order valence-electron chi connectivity index (χ3n) is 5.29. The maximum Gasteiger partial charge on any atom is 0.262 e. The fourth-order valence-corrected chi connectivity index (χ4v) is 4.35. The maximum atomic E-state index is 8.81. The number of unbranched alkanes of at least 4 members (excludes halogenated alkanes) is 3. The number of nitrogens with one attached hydrogen (secondary N) is 1. The van der Waals surface area contributed by atoms with Gasteiger partial charge in [0.2, 0.25) is 0 Å². The normalized spacial score (nSPS) is 31.1. The predicted molar refractivity (Wildman–Crippen MR) is 81.0 cm³/mol. The number of hydrogen-bond donors (Lipinski definition) is 2. The van der Waals surface area contributed by atoms with Crippen molar-refractivity contribution >= 4 is 17.3 Å². The number of aliphatic hydroxyl groups excluding tert-OH is 1. The minimum Gasteiger partial charge on any atom is -0.396 e. The summed E-state index contributed by atoms with van der Waals surface area (Å²) >= 11 is 5.44. The Hall–Kier alpha value is -0.430. The van der Waals surface area contributed by atoms with Gasteiger partial charge in [-0.3, -0.25) is 14.7 Å². The molecule has 3 aliphatic heterocycles. The van der Waals surface area contributed by atoms with E-state index < -0.39 is 0 Å². The van der Waals surface area contributed by atoms with E-state index in [1.54, 1.807) is 0 Å². The summed E-state index contributed by atoms with van der Waals surface area (Å²) in [6, 6.07) is 0. The van der Waals surface area contributed by atoms with Gasteiger partial charge in [0, 0.05) is 13.2 Å².